The van der Waals surface area contributed by atoms with Gasteiger partial charge in [0.1, 0.15) is 6.54 Å². The Balaban J connectivity index is 1.87. The Labute approximate surface area is 105 Å². The van der Waals surface area contributed by atoms with Crippen LogP contribution in [0.2, 0.25) is 0 Å². The zero-order valence-corrected chi connectivity index (χ0v) is 10.3. The molecular formula is C12H19F3N2O. The van der Waals surface area contributed by atoms with E-state index in [1.54, 1.807) is 0 Å². The van der Waals surface area contributed by atoms with Gasteiger partial charge in [-0.1, -0.05) is 0 Å². The predicted octanol–water partition coefficient (Wildman–Crippen LogP) is 1.93. The summed E-state index contributed by atoms with van der Waals surface area (Å²) in [5.74, 6) is -0.0741. The Morgan fingerprint density at radius 1 is 1.17 bits per heavy atom. The van der Waals surface area contributed by atoms with Crippen molar-refractivity contribution >= 4 is 5.91 Å². The molecule has 0 atom stereocenters. The second-order valence-corrected chi connectivity index (χ2v) is 5.27. The van der Waals surface area contributed by atoms with E-state index in [1.165, 1.54) is 0 Å². The number of carbonyl (C=O) groups excluding carboxylic acids is 1. The maximum Gasteiger partial charge on any atom is 0.406 e. The second kappa shape index (κ2) is 5.47. The molecule has 1 saturated heterocycles. The number of amides is 1. The topological polar surface area (TPSA) is 32.3 Å². The normalized spacial score (nSPS) is 21.9. The average Bonchev–Trinajstić information content (AvgIpc) is 3.10. The van der Waals surface area contributed by atoms with Gasteiger partial charge in [-0.25, -0.2) is 0 Å². The highest BCUT2D eigenvalue weighted by atomic mass is 19.4. The van der Waals surface area contributed by atoms with Gasteiger partial charge in [0.15, 0.2) is 0 Å². The van der Waals surface area contributed by atoms with Gasteiger partial charge in [-0.3, -0.25) is 4.79 Å². The molecule has 6 heteroatoms. The second-order valence-electron chi connectivity index (χ2n) is 5.27. The summed E-state index contributed by atoms with van der Waals surface area (Å²) in [6, 6.07) is -0.166. The number of alkyl halides is 3. The molecule has 1 saturated carbocycles. The van der Waals surface area contributed by atoms with E-state index in [1.807, 2.05) is 0 Å². The van der Waals surface area contributed by atoms with Gasteiger partial charge in [0.2, 0.25) is 5.91 Å². The van der Waals surface area contributed by atoms with Crippen LogP contribution in [-0.2, 0) is 4.79 Å². The van der Waals surface area contributed by atoms with Crippen LogP contribution < -0.4 is 5.32 Å². The first kappa shape index (κ1) is 13.6. The summed E-state index contributed by atoms with van der Waals surface area (Å²) in [6.45, 7) is 0.642. The number of nitrogens with zero attached hydrogens (tertiary/aromatic N) is 1. The van der Waals surface area contributed by atoms with E-state index in [0.717, 1.165) is 30.8 Å². The number of hydrogen-bond donors (Lipinski definition) is 1. The lowest BCUT2D eigenvalue weighted by molar-refractivity contribution is -0.163. The third-order valence-corrected chi connectivity index (χ3v) is 3.58. The van der Waals surface area contributed by atoms with Gasteiger partial charge >= 0.3 is 6.18 Å². The summed E-state index contributed by atoms with van der Waals surface area (Å²) in [5.41, 5.74) is 0. The Kier molecular flexibility index (Phi) is 4.14. The number of carbonyl (C=O) groups is 1. The summed E-state index contributed by atoms with van der Waals surface area (Å²) >= 11 is 0. The van der Waals surface area contributed by atoms with Crippen LogP contribution >= 0.6 is 0 Å². The molecule has 0 bridgehead atoms. The van der Waals surface area contributed by atoms with Crippen molar-refractivity contribution in [2.24, 2.45) is 5.92 Å². The Morgan fingerprint density at radius 2 is 1.78 bits per heavy atom. The van der Waals surface area contributed by atoms with Gasteiger partial charge < -0.3 is 10.2 Å². The van der Waals surface area contributed by atoms with Crippen molar-refractivity contribution in [3.63, 3.8) is 0 Å². The van der Waals surface area contributed by atoms with Crippen molar-refractivity contribution in [1.82, 2.24) is 10.2 Å². The van der Waals surface area contributed by atoms with Crippen LogP contribution in [0.1, 0.15) is 32.1 Å². The Morgan fingerprint density at radius 3 is 2.28 bits per heavy atom. The van der Waals surface area contributed by atoms with Gasteiger partial charge in [-0.2, -0.15) is 13.2 Å². The Hall–Kier alpha value is -0.780. The van der Waals surface area contributed by atoms with Crippen molar-refractivity contribution in [2.45, 2.75) is 44.3 Å². The lowest BCUT2D eigenvalue weighted by Crippen LogP contribution is -2.42. The Bertz CT molecular complexity index is 296. The summed E-state index contributed by atoms with van der Waals surface area (Å²) in [7, 11) is 0. The van der Waals surface area contributed by atoms with E-state index in [-0.39, 0.29) is 24.3 Å². The first-order valence-electron chi connectivity index (χ1n) is 6.52. The van der Waals surface area contributed by atoms with E-state index in [2.05, 4.69) is 5.32 Å². The monoisotopic (exact) mass is 264 g/mol. The molecule has 3 nitrogen and oxygen atoms in total. The highest BCUT2D eigenvalue weighted by Gasteiger charge is 2.40. The van der Waals surface area contributed by atoms with Crippen LogP contribution in [0.5, 0.6) is 0 Å². The molecule has 18 heavy (non-hydrogen) atoms. The number of rotatable bonds is 4. The van der Waals surface area contributed by atoms with Crippen LogP contribution in [0.4, 0.5) is 13.2 Å². The van der Waals surface area contributed by atoms with Gasteiger partial charge in [-0.05, 0) is 44.7 Å². The molecule has 2 aliphatic rings. The number of hydrogen-bond acceptors (Lipinski definition) is 2. The smallest absolute Gasteiger partial charge is 0.331 e. The van der Waals surface area contributed by atoms with E-state index in [0.29, 0.717) is 12.8 Å². The van der Waals surface area contributed by atoms with Gasteiger partial charge in [-0.15, -0.1) is 0 Å². The standard InChI is InChI=1S/C12H19F3N2O/c13-12(14,15)8-17(10-1-2-10)11(18)7-9-3-5-16-6-4-9/h9-10,16H,1-8H2. The van der Waals surface area contributed by atoms with E-state index in [4.69, 9.17) is 0 Å². The lowest BCUT2D eigenvalue weighted by atomic mass is 9.94. The van der Waals surface area contributed by atoms with Gasteiger partial charge in [0, 0.05) is 12.5 Å². The largest absolute Gasteiger partial charge is 0.406 e. The molecule has 0 aromatic heterocycles. The van der Waals surface area contributed by atoms with Crippen molar-refractivity contribution in [3.8, 4) is 0 Å². The van der Waals surface area contributed by atoms with Crippen LogP contribution in [0.25, 0.3) is 0 Å². The molecule has 104 valence electrons. The maximum absolute atomic E-state index is 12.4. The highest BCUT2D eigenvalue weighted by molar-refractivity contribution is 5.77. The van der Waals surface area contributed by atoms with Crippen molar-refractivity contribution < 1.29 is 18.0 Å². The SMILES string of the molecule is O=C(CC1CCNCC1)N(CC(F)(F)F)C1CC1. The van der Waals surface area contributed by atoms with Gasteiger partial charge in [0.05, 0.1) is 0 Å². The van der Waals surface area contributed by atoms with Crippen molar-refractivity contribution in [3.05, 3.63) is 0 Å². The summed E-state index contributed by atoms with van der Waals surface area (Å²) in [6.07, 6.45) is -0.810. The molecule has 0 radical (unpaired) electrons. The minimum absolute atomic E-state index is 0.166. The number of nitrogens with one attached hydrogen (secondary N) is 1. The fraction of sp³-hybridized carbons (Fsp3) is 0.917. The number of piperidine rings is 1. The molecule has 0 unspecified atom stereocenters. The zero-order chi connectivity index (χ0) is 13.2. The highest BCUT2D eigenvalue weighted by Crippen LogP contribution is 2.31. The summed E-state index contributed by atoms with van der Waals surface area (Å²) < 4.78 is 37.3. The molecule has 1 heterocycles. The molecule has 2 rings (SSSR count). The zero-order valence-electron chi connectivity index (χ0n) is 10.3. The third kappa shape index (κ3) is 4.15. The van der Waals surface area contributed by atoms with Gasteiger partial charge in [0.25, 0.3) is 0 Å². The van der Waals surface area contributed by atoms with Crippen LogP contribution in [-0.4, -0.2) is 42.7 Å². The molecule has 0 aromatic carbocycles. The molecule has 1 aliphatic carbocycles. The lowest BCUT2D eigenvalue weighted by Gasteiger charge is -2.28. The van der Waals surface area contributed by atoms with E-state index < -0.39 is 12.7 Å². The third-order valence-electron chi connectivity index (χ3n) is 3.58. The minimum Gasteiger partial charge on any atom is -0.331 e. The quantitative estimate of drug-likeness (QED) is 0.841. The summed E-state index contributed by atoms with van der Waals surface area (Å²) in [4.78, 5) is 13.0. The molecule has 1 N–H and O–H groups in total. The first-order valence-corrected chi connectivity index (χ1v) is 6.52. The minimum atomic E-state index is -4.29. The van der Waals surface area contributed by atoms with Crippen LogP contribution in [0, 0.1) is 5.92 Å². The fourth-order valence-electron chi connectivity index (χ4n) is 2.45. The van der Waals surface area contributed by atoms with Crippen molar-refractivity contribution in [1.29, 1.82) is 0 Å². The van der Waals surface area contributed by atoms with Crippen LogP contribution in [0.15, 0.2) is 0 Å². The maximum atomic E-state index is 12.4. The predicted molar refractivity (Wildman–Crippen MR) is 61.0 cm³/mol. The summed E-state index contributed by atoms with van der Waals surface area (Å²) in [5, 5.41) is 3.19. The molecule has 1 amide bonds. The molecule has 0 spiro atoms. The molecule has 1 aliphatic heterocycles. The van der Waals surface area contributed by atoms with Crippen molar-refractivity contribution in [2.75, 3.05) is 19.6 Å². The molecule has 2 fully saturated rings. The molecule has 0 aromatic rings. The molecular weight excluding hydrogens is 245 g/mol. The first-order chi connectivity index (χ1) is 8.46. The van der Waals surface area contributed by atoms with E-state index in [9.17, 15) is 18.0 Å². The van der Waals surface area contributed by atoms with E-state index >= 15 is 0 Å². The van der Waals surface area contributed by atoms with Crippen LogP contribution in [0.3, 0.4) is 0 Å². The fourth-order valence-corrected chi connectivity index (χ4v) is 2.45. The average molecular weight is 264 g/mol. The number of halogens is 3.